The van der Waals surface area contributed by atoms with Crippen LogP contribution in [-0.4, -0.2) is 28.6 Å². The quantitative estimate of drug-likeness (QED) is 0.522. The number of hydrogen-bond acceptors (Lipinski definition) is 5. The first kappa shape index (κ1) is 19.3. The average Bonchev–Trinajstić information content (AvgIpc) is 2.60. The molecule has 0 amide bonds. The number of hydrogen-bond donors (Lipinski definition) is 3. The van der Waals surface area contributed by atoms with E-state index in [0.717, 1.165) is 11.3 Å². The van der Waals surface area contributed by atoms with Gasteiger partial charge < -0.3 is 19.9 Å². The van der Waals surface area contributed by atoms with Gasteiger partial charge in [0.25, 0.3) is 0 Å². The number of phenolic OH excluding ortho intramolecular Hbond substituents is 1. The summed E-state index contributed by atoms with van der Waals surface area (Å²) in [6.45, 7) is 3.96. The van der Waals surface area contributed by atoms with E-state index in [1.807, 2.05) is 13.8 Å². The maximum atomic E-state index is 9.79. The van der Waals surface area contributed by atoms with E-state index >= 15 is 0 Å². The van der Waals surface area contributed by atoms with Crippen molar-refractivity contribution in [3.8, 4) is 17.2 Å². The Labute approximate surface area is 168 Å². The van der Waals surface area contributed by atoms with Crippen LogP contribution in [0, 0.1) is 0 Å². The smallest absolute Gasteiger partial charge is 0.191 e. The van der Waals surface area contributed by atoms with Crippen LogP contribution in [0.4, 0.5) is 5.69 Å². The van der Waals surface area contributed by atoms with E-state index in [-0.39, 0.29) is 5.75 Å². The van der Waals surface area contributed by atoms with Crippen LogP contribution < -0.4 is 20.2 Å². The highest BCUT2D eigenvalue weighted by atomic mass is 35.5. The molecule has 0 saturated carbocycles. The molecule has 0 aromatic heterocycles. The van der Waals surface area contributed by atoms with E-state index in [4.69, 9.17) is 33.3 Å². The Morgan fingerprint density at radius 2 is 2.07 bits per heavy atom. The second kappa shape index (κ2) is 7.62. The molecule has 0 fully saturated rings. The molecule has 0 bridgehead atoms. The Morgan fingerprint density at radius 1 is 1.30 bits per heavy atom. The van der Waals surface area contributed by atoms with E-state index in [1.165, 1.54) is 0 Å². The number of anilines is 1. The minimum Gasteiger partial charge on any atom is -0.508 e. The third-order valence-corrected chi connectivity index (χ3v) is 4.44. The zero-order chi connectivity index (χ0) is 19.6. The first-order valence-electron chi connectivity index (χ1n) is 8.27. The summed E-state index contributed by atoms with van der Waals surface area (Å²) < 4.78 is 11.1. The van der Waals surface area contributed by atoms with Crippen molar-refractivity contribution in [1.82, 2.24) is 5.43 Å². The average molecular weight is 406 g/mol. The summed E-state index contributed by atoms with van der Waals surface area (Å²) in [7, 11) is 1.56. The molecule has 8 heteroatoms. The highest BCUT2D eigenvalue weighted by molar-refractivity contribution is 7.80. The molecule has 0 spiro atoms. The van der Waals surface area contributed by atoms with Gasteiger partial charge in [0.1, 0.15) is 22.8 Å². The molecule has 0 atom stereocenters. The second-order valence-electron chi connectivity index (χ2n) is 6.69. The van der Waals surface area contributed by atoms with Crippen molar-refractivity contribution in [3.63, 3.8) is 0 Å². The predicted molar refractivity (Wildman–Crippen MR) is 111 cm³/mol. The Hall–Kier alpha value is -2.51. The third-order valence-electron chi connectivity index (χ3n) is 3.96. The lowest BCUT2D eigenvalue weighted by Crippen LogP contribution is -2.37. The van der Waals surface area contributed by atoms with Crippen molar-refractivity contribution in [2.45, 2.75) is 25.9 Å². The van der Waals surface area contributed by atoms with Crippen LogP contribution in [0.25, 0.3) is 0 Å². The van der Waals surface area contributed by atoms with Crippen molar-refractivity contribution in [3.05, 3.63) is 47.0 Å². The highest BCUT2D eigenvalue weighted by Crippen LogP contribution is 2.35. The maximum Gasteiger partial charge on any atom is 0.191 e. The number of benzene rings is 2. The molecule has 0 aliphatic carbocycles. The number of methoxy groups -OCH3 is 1. The molecule has 3 rings (SSSR count). The van der Waals surface area contributed by atoms with E-state index < -0.39 is 5.60 Å². The van der Waals surface area contributed by atoms with Gasteiger partial charge >= 0.3 is 0 Å². The van der Waals surface area contributed by atoms with Gasteiger partial charge in [-0.2, -0.15) is 5.10 Å². The van der Waals surface area contributed by atoms with Crippen molar-refractivity contribution in [2.24, 2.45) is 5.10 Å². The number of nitrogens with zero attached hydrogens (tertiary/aromatic N) is 1. The molecule has 1 heterocycles. The molecule has 6 nitrogen and oxygen atoms in total. The fourth-order valence-electron chi connectivity index (χ4n) is 2.79. The molecule has 0 radical (unpaired) electrons. The molecular formula is C19H20ClN3O3S. The van der Waals surface area contributed by atoms with Crippen LogP contribution in [0.3, 0.4) is 0 Å². The molecule has 3 N–H and O–H groups in total. The summed E-state index contributed by atoms with van der Waals surface area (Å²) in [5.41, 5.74) is 4.62. The normalized spacial score (nSPS) is 16.2. The van der Waals surface area contributed by atoms with Crippen molar-refractivity contribution < 1.29 is 14.6 Å². The van der Waals surface area contributed by atoms with Crippen LogP contribution in [0.2, 0.25) is 5.02 Å². The van der Waals surface area contributed by atoms with Crippen LogP contribution in [-0.2, 0) is 0 Å². The van der Waals surface area contributed by atoms with Gasteiger partial charge in [0.05, 0.1) is 17.8 Å². The summed E-state index contributed by atoms with van der Waals surface area (Å²) in [6, 6.07) is 10.2. The lowest BCUT2D eigenvalue weighted by atomic mass is 9.92. The zero-order valence-electron chi connectivity index (χ0n) is 15.2. The standard InChI is InChI=1S/C19H20ClN3O3S/c1-19(2)10-15(13-9-12(24)5-7-16(13)26-19)22-23-18(27)21-11-4-6-17(25-3)14(20)8-11/h4-9,24H,10H2,1-3H3,(H2,21,23,27). The van der Waals surface area contributed by atoms with Gasteiger partial charge in [0.15, 0.2) is 5.11 Å². The Kier molecular flexibility index (Phi) is 5.43. The topological polar surface area (TPSA) is 75.1 Å². The van der Waals surface area contributed by atoms with E-state index in [0.29, 0.717) is 33.7 Å². The van der Waals surface area contributed by atoms with E-state index in [9.17, 15) is 5.11 Å². The highest BCUT2D eigenvalue weighted by Gasteiger charge is 2.31. The fourth-order valence-corrected chi connectivity index (χ4v) is 3.21. The molecule has 2 aromatic carbocycles. The number of rotatable bonds is 3. The molecular weight excluding hydrogens is 386 g/mol. The van der Waals surface area contributed by atoms with E-state index in [2.05, 4.69) is 15.8 Å². The van der Waals surface area contributed by atoms with Crippen LogP contribution in [0.5, 0.6) is 17.2 Å². The van der Waals surface area contributed by atoms with Crippen molar-refractivity contribution >= 4 is 40.3 Å². The number of phenols is 1. The Morgan fingerprint density at radius 3 is 2.78 bits per heavy atom. The fraction of sp³-hybridized carbons (Fsp3) is 0.263. The summed E-state index contributed by atoms with van der Waals surface area (Å²) in [5.74, 6) is 1.41. The van der Waals surface area contributed by atoms with Gasteiger partial charge in [-0.15, -0.1) is 0 Å². The number of nitrogens with one attached hydrogen (secondary N) is 2. The molecule has 0 unspecified atom stereocenters. The van der Waals surface area contributed by atoms with Crippen LogP contribution >= 0.6 is 23.8 Å². The zero-order valence-corrected chi connectivity index (χ0v) is 16.7. The minimum atomic E-state index is -0.414. The molecule has 0 saturated heterocycles. The molecule has 2 aromatic rings. The van der Waals surface area contributed by atoms with Gasteiger partial charge in [0, 0.05) is 17.7 Å². The molecule has 1 aliphatic heterocycles. The SMILES string of the molecule is COc1ccc(NC(=S)NN=C2CC(C)(C)Oc3ccc(O)cc32)cc1Cl. The van der Waals surface area contributed by atoms with Gasteiger partial charge in [0.2, 0.25) is 0 Å². The number of hydrazone groups is 1. The monoisotopic (exact) mass is 405 g/mol. The minimum absolute atomic E-state index is 0.151. The van der Waals surface area contributed by atoms with Crippen molar-refractivity contribution in [2.75, 3.05) is 12.4 Å². The van der Waals surface area contributed by atoms with Crippen LogP contribution in [0.15, 0.2) is 41.5 Å². The Balaban J connectivity index is 1.76. The van der Waals surface area contributed by atoms with Crippen molar-refractivity contribution in [1.29, 1.82) is 0 Å². The summed E-state index contributed by atoms with van der Waals surface area (Å²) in [5, 5.41) is 18.0. The first-order chi connectivity index (χ1) is 12.8. The summed E-state index contributed by atoms with van der Waals surface area (Å²) in [4.78, 5) is 0. The first-order valence-corrected chi connectivity index (χ1v) is 9.05. The summed E-state index contributed by atoms with van der Waals surface area (Å²) >= 11 is 11.4. The lowest BCUT2D eigenvalue weighted by Gasteiger charge is -2.33. The van der Waals surface area contributed by atoms with Gasteiger partial charge in [-0.05, 0) is 62.5 Å². The van der Waals surface area contributed by atoms with Gasteiger partial charge in [-0.3, -0.25) is 5.43 Å². The largest absolute Gasteiger partial charge is 0.508 e. The Bertz CT molecular complexity index is 915. The molecule has 27 heavy (non-hydrogen) atoms. The second-order valence-corrected chi connectivity index (χ2v) is 7.51. The third kappa shape index (κ3) is 4.61. The number of halogens is 1. The molecule has 142 valence electrons. The lowest BCUT2D eigenvalue weighted by molar-refractivity contribution is 0.111. The number of fused-ring (bicyclic) bond motifs is 1. The number of aromatic hydroxyl groups is 1. The van der Waals surface area contributed by atoms with Gasteiger partial charge in [-0.1, -0.05) is 11.6 Å². The van der Waals surface area contributed by atoms with E-state index in [1.54, 1.807) is 43.5 Å². The predicted octanol–water partition coefficient (Wildman–Crippen LogP) is 4.31. The van der Waals surface area contributed by atoms with Gasteiger partial charge in [-0.25, -0.2) is 0 Å². The van der Waals surface area contributed by atoms with Crippen LogP contribution in [0.1, 0.15) is 25.8 Å². The molecule has 1 aliphatic rings. The summed E-state index contributed by atoms with van der Waals surface area (Å²) in [6.07, 6.45) is 0.563. The number of thiocarbonyl (C=S) groups is 1. The number of ether oxygens (including phenoxy) is 2. The maximum absolute atomic E-state index is 9.79.